The average molecular weight is 345 g/mol. The lowest BCUT2D eigenvalue weighted by atomic mass is 9.96. The number of rotatable bonds is 5. The Hall–Kier alpha value is -1.66. The third-order valence-electron chi connectivity index (χ3n) is 4.16. The molecule has 1 aliphatic rings. The van der Waals surface area contributed by atoms with Gasteiger partial charge in [0.1, 0.15) is 12.4 Å². The van der Waals surface area contributed by atoms with E-state index < -0.39 is 0 Å². The summed E-state index contributed by atoms with van der Waals surface area (Å²) in [7, 11) is 0. The predicted octanol–water partition coefficient (Wildman–Crippen LogP) is 5.08. The number of benzene rings is 1. The molecule has 3 aromatic rings. The summed E-state index contributed by atoms with van der Waals surface area (Å²) in [5, 5.41) is 4.64. The molecule has 1 aromatic carbocycles. The van der Waals surface area contributed by atoms with E-state index in [2.05, 4.69) is 16.4 Å². The summed E-state index contributed by atoms with van der Waals surface area (Å²) in [4.78, 5) is 9.90. The van der Waals surface area contributed by atoms with E-state index in [4.69, 9.17) is 9.72 Å². The highest BCUT2D eigenvalue weighted by Crippen LogP contribution is 2.31. The highest BCUT2D eigenvalue weighted by Gasteiger charge is 2.15. The number of nitrogens with one attached hydrogen (secondary N) is 1. The molecule has 0 unspecified atom stereocenters. The van der Waals surface area contributed by atoms with Gasteiger partial charge in [-0.1, -0.05) is 30.6 Å². The van der Waals surface area contributed by atoms with Crippen molar-refractivity contribution in [3.05, 3.63) is 34.8 Å². The zero-order chi connectivity index (χ0) is 15.5. The molecule has 1 fully saturated rings. The summed E-state index contributed by atoms with van der Waals surface area (Å²) in [6.07, 6.45) is 8.41. The molecule has 6 heteroatoms. The van der Waals surface area contributed by atoms with E-state index in [0.29, 0.717) is 12.6 Å². The van der Waals surface area contributed by atoms with Crippen molar-refractivity contribution in [3.63, 3.8) is 0 Å². The van der Waals surface area contributed by atoms with Crippen molar-refractivity contribution < 1.29 is 4.74 Å². The maximum absolute atomic E-state index is 5.85. The second-order valence-electron chi connectivity index (χ2n) is 5.88. The Balaban J connectivity index is 1.45. The van der Waals surface area contributed by atoms with Crippen LogP contribution >= 0.6 is 22.7 Å². The van der Waals surface area contributed by atoms with Crippen LogP contribution in [0.15, 0.2) is 29.9 Å². The van der Waals surface area contributed by atoms with Crippen LogP contribution in [-0.4, -0.2) is 16.0 Å². The van der Waals surface area contributed by atoms with Crippen molar-refractivity contribution >= 4 is 38.0 Å². The zero-order valence-corrected chi connectivity index (χ0v) is 14.5. The zero-order valence-electron chi connectivity index (χ0n) is 12.8. The molecule has 4 rings (SSSR count). The summed E-state index contributed by atoms with van der Waals surface area (Å²) >= 11 is 3.33. The van der Waals surface area contributed by atoms with E-state index in [1.54, 1.807) is 22.7 Å². The summed E-state index contributed by atoms with van der Waals surface area (Å²) in [6, 6.07) is 6.71. The van der Waals surface area contributed by atoms with Crippen LogP contribution in [-0.2, 0) is 6.61 Å². The Morgan fingerprint density at radius 2 is 2.13 bits per heavy atom. The number of hydrogen-bond acceptors (Lipinski definition) is 6. The van der Waals surface area contributed by atoms with Gasteiger partial charge in [0.15, 0.2) is 5.13 Å². The molecule has 1 aliphatic carbocycles. The lowest BCUT2D eigenvalue weighted by Crippen LogP contribution is -2.21. The van der Waals surface area contributed by atoms with Crippen LogP contribution in [0.5, 0.6) is 5.75 Å². The highest BCUT2D eigenvalue weighted by atomic mass is 32.1. The second-order valence-corrected chi connectivity index (χ2v) is 7.89. The highest BCUT2D eigenvalue weighted by molar-refractivity contribution is 7.22. The number of hydrogen-bond donors (Lipinski definition) is 1. The van der Waals surface area contributed by atoms with Crippen LogP contribution in [0.4, 0.5) is 5.13 Å². The monoisotopic (exact) mass is 345 g/mol. The van der Waals surface area contributed by atoms with Crippen LogP contribution in [0.2, 0.25) is 0 Å². The maximum atomic E-state index is 5.85. The van der Waals surface area contributed by atoms with Gasteiger partial charge in [-0.05, 0) is 31.0 Å². The number of fused-ring (bicyclic) bond motifs is 1. The molecule has 0 amide bonds. The molecule has 4 nitrogen and oxygen atoms in total. The van der Waals surface area contributed by atoms with E-state index in [1.807, 2.05) is 23.8 Å². The van der Waals surface area contributed by atoms with Crippen molar-refractivity contribution in [3.8, 4) is 5.75 Å². The van der Waals surface area contributed by atoms with E-state index in [1.165, 1.54) is 36.8 Å². The van der Waals surface area contributed by atoms with Gasteiger partial charge in [-0.25, -0.2) is 4.98 Å². The lowest BCUT2D eigenvalue weighted by Gasteiger charge is -2.22. The van der Waals surface area contributed by atoms with E-state index in [9.17, 15) is 0 Å². The van der Waals surface area contributed by atoms with Crippen molar-refractivity contribution in [1.82, 2.24) is 9.97 Å². The van der Waals surface area contributed by atoms with Crippen LogP contribution < -0.4 is 10.1 Å². The van der Waals surface area contributed by atoms with Gasteiger partial charge in [-0.2, -0.15) is 0 Å². The number of ether oxygens (including phenoxy) is 1. The summed E-state index contributed by atoms with van der Waals surface area (Å²) < 4.78 is 7.02. The van der Waals surface area contributed by atoms with Crippen LogP contribution in [0.1, 0.15) is 37.0 Å². The number of anilines is 1. The Bertz CT molecular complexity index is 763. The Morgan fingerprint density at radius 3 is 2.96 bits per heavy atom. The summed E-state index contributed by atoms with van der Waals surface area (Å²) in [5.41, 5.74) is 2.87. The SMILES string of the molecule is c1ncc(COc2ccc3nc(NC4CCCCC4)sc3c2)s1. The molecule has 1 saturated carbocycles. The molecular weight excluding hydrogens is 326 g/mol. The van der Waals surface area contributed by atoms with Crippen molar-refractivity contribution in [2.24, 2.45) is 0 Å². The third-order valence-corrected chi connectivity index (χ3v) is 5.86. The first kappa shape index (κ1) is 14.9. The molecule has 120 valence electrons. The van der Waals surface area contributed by atoms with E-state index >= 15 is 0 Å². The fourth-order valence-corrected chi connectivity index (χ4v) is 4.42. The maximum Gasteiger partial charge on any atom is 0.184 e. The minimum Gasteiger partial charge on any atom is -0.488 e. The molecule has 2 heterocycles. The summed E-state index contributed by atoms with van der Waals surface area (Å²) in [6.45, 7) is 0.572. The number of thiazole rings is 2. The minimum atomic E-state index is 0.572. The van der Waals surface area contributed by atoms with Gasteiger partial charge in [-0.15, -0.1) is 11.3 Å². The molecule has 0 spiro atoms. The van der Waals surface area contributed by atoms with Gasteiger partial charge in [-0.3, -0.25) is 4.98 Å². The van der Waals surface area contributed by atoms with Gasteiger partial charge in [0.05, 0.1) is 20.6 Å². The van der Waals surface area contributed by atoms with Gasteiger partial charge in [0.2, 0.25) is 0 Å². The molecule has 0 bridgehead atoms. The van der Waals surface area contributed by atoms with Crippen LogP contribution in [0.3, 0.4) is 0 Å². The second kappa shape index (κ2) is 6.84. The van der Waals surface area contributed by atoms with Crippen LogP contribution in [0, 0.1) is 0 Å². The van der Waals surface area contributed by atoms with Crippen molar-refractivity contribution in [2.75, 3.05) is 5.32 Å². The van der Waals surface area contributed by atoms with Gasteiger partial charge in [0, 0.05) is 12.2 Å². The van der Waals surface area contributed by atoms with Gasteiger partial charge in [0.25, 0.3) is 0 Å². The predicted molar refractivity (Wildman–Crippen MR) is 96.6 cm³/mol. The average Bonchev–Trinajstić information content (AvgIpc) is 3.22. The van der Waals surface area contributed by atoms with Gasteiger partial charge < -0.3 is 10.1 Å². The van der Waals surface area contributed by atoms with E-state index in [-0.39, 0.29) is 0 Å². The quantitative estimate of drug-likeness (QED) is 0.701. The fraction of sp³-hybridized carbons (Fsp3) is 0.412. The Kier molecular flexibility index (Phi) is 4.43. The largest absolute Gasteiger partial charge is 0.488 e. The van der Waals surface area contributed by atoms with Crippen LogP contribution in [0.25, 0.3) is 10.2 Å². The molecule has 0 saturated heterocycles. The number of nitrogens with zero attached hydrogens (tertiary/aromatic N) is 2. The molecule has 0 atom stereocenters. The topological polar surface area (TPSA) is 47.0 Å². The first-order valence-electron chi connectivity index (χ1n) is 8.04. The first-order valence-corrected chi connectivity index (χ1v) is 9.74. The number of aromatic nitrogens is 2. The molecular formula is C17H19N3OS2. The van der Waals surface area contributed by atoms with Gasteiger partial charge >= 0.3 is 0 Å². The first-order chi connectivity index (χ1) is 11.4. The fourth-order valence-electron chi connectivity index (χ4n) is 2.95. The smallest absolute Gasteiger partial charge is 0.184 e. The minimum absolute atomic E-state index is 0.572. The standard InChI is InChI=1S/C17H19N3OS2/c1-2-4-12(5-3-1)19-17-20-15-7-6-13(8-16(15)23-17)21-10-14-9-18-11-22-14/h6-9,11-12H,1-5,10H2,(H,19,20). The molecule has 1 N–H and O–H groups in total. The third kappa shape index (κ3) is 3.64. The normalized spacial score (nSPS) is 15.8. The lowest BCUT2D eigenvalue weighted by molar-refractivity contribution is 0.310. The molecule has 23 heavy (non-hydrogen) atoms. The molecule has 0 radical (unpaired) electrons. The van der Waals surface area contributed by atoms with E-state index in [0.717, 1.165) is 21.3 Å². The molecule has 0 aliphatic heterocycles. The summed E-state index contributed by atoms with van der Waals surface area (Å²) in [5.74, 6) is 0.888. The van der Waals surface area contributed by atoms with Crippen molar-refractivity contribution in [2.45, 2.75) is 44.8 Å². The Morgan fingerprint density at radius 1 is 1.22 bits per heavy atom. The van der Waals surface area contributed by atoms with Crippen molar-refractivity contribution in [1.29, 1.82) is 0 Å². The Labute approximate surface area is 143 Å². The molecule has 2 aromatic heterocycles.